The van der Waals surface area contributed by atoms with E-state index in [1.54, 1.807) is 12.1 Å². The number of hydrogen-bond acceptors (Lipinski definition) is 2. The quantitative estimate of drug-likeness (QED) is 0.497. The van der Waals surface area contributed by atoms with Crippen LogP contribution in [-0.2, 0) is 6.42 Å². The Morgan fingerprint density at radius 3 is 2.94 bits per heavy atom. The Morgan fingerprint density at radius 2 is 2.29 bits per heavy atom. The average Bonchev–Trinajstić information content (AvgIpc) is 2.33. The molecule has 4 heteroatoms. The number of nitrogens with one attached hydrogen (secondary N) is 1. The molecule has 0 bridgehead atoms. The van der Waals surface area contributed by atoms with Crippen LogP contribution in [0.2, 0.25) is 5.15 Å². The third-order valence-corrected chi connectivity index (χ3v) is 2.50. The lowest BCUT2D eigenvalue weighted by Gasteiger charge is -2.05. The summed E-state index contributed by atoms with van der Waals surface area (Å²) < 4.78 is 0. The molecule has 1 rings (SSSR count). The number of nitrogens with zero attached hydrogens (tertiary/aromatic N) is 1. The first-order chi connectivity index (χ1) is 8.17. The second-order valence-electron chi connectivity index (χ2n) is 3.64. The Kier molecular flexibility index (Phi) is 5.70. The van der Waals surface area contributed by atoms with Crippen LogP contribution in [0.3, 0.4) is 0 Å². The van der Waals surface area contributed by atoms with Gasteiger partial charge in [0.15, 0.2) is 0 Å². The van der Waals surface area contributed by atoms with Gasteiger partial charge >= 0.3 is 0 Å². The van der Waals surface area contributed by atoms with Gasteiger partial charge in [0.25, 0.3) is 5.91 Å². The first-order valence-electron chi connectivity index (χ1n) is 5.73. The average molecular weight is 253 g/mol. The highest BCUT2D eigenvalue weighted by atomic mass is 35.5. The van der Waals surface area contributed by atoms with Gasteiger partial charge in [-0.2, -0.15) is 0 Å². The van der Waals surface area contributed by atoms with Crippen molar-refractivity contribution in [1.29, 1.82) is 0 Å². The van der Waals surface area contributed by atoms with E-state index < -0.39 is 0 Å². The molecular formula is C13H17ClN2O. The molecule has 0 aromatic carbocycles. The third-order valence-electron chi connectivity index (χ3n) is 2.30. The third kappa shape index (κ3) is 4.57. The molecule has 1 heterocycles. The number of rotatable bonds is 5. The molecule has 3 nitrogen and oxygen atoms in total. The van der Waals surface area contributed by atoms with Crippen LogP contribution in [-0.4, -0.2) is 17.4 Å². The zero-order valence-corrected chi connectivity index (χ0v) is 10.9. The van der Waals surface area contributed by atoms with Crippen LogP contribution in [0, 0.1) is 0 Å². The van der Waals surface area contributed by atoms with Gasteiger partial charge in [-0.15, -0.1) is 0 Å². The van der Waals surface area contributed by atoms with E-state index in [0.29, 0.717) is 17.3 Å². The second-order valence-corrected chi connectivity index (χ2v) is 4.02. The molecule has 0 saturated heterocycles. The van der Waals surface area contributed by atoms with Crippen LogP contribution in [0.4, 0.5) is 0 Å². The zero-order valence-electron chi connectivity index (χ0n) is 10.2. The van der Waals surface area contributed by atoms with Gasteiger partial charge in [0.05, 0.1) is 0 Å². The van der Waals surface area contributed by atoms with Crippen molar-refractivity contribution in [3.63, 3.8) is 0 Å². The van der Waals surface area contributed by atoms with Gasteiger partial charge in [-0.3, -0.25) is 4.79 Å². The molecule has 1 amide bonds. The first-order valence-corrected chi connectivity index (χ1v) is 6.11. The summed E-state index contributed by atoms with van der Waals surface area (Å²) in [5.41, 5.74) is 1.40. The fourth-order valence-corrected chi connectivity index (χ4v) is 1.63. The van der Waals surface area contributed by atoms with Crippen molar-refractivity contribution < 1.29 is 4.79 Å². The number of hydrogen-bond donors (Lipinski definition) is 1. The van der Waals surface area contributed by atoms with E-state index >= 15 is 0 Å². The minimum Gasteiger partial charge on any atom is -0.352 e. The van der Waals surface area contributed by atoms with Gasteiger partial charge in [0, 0.05) is 17.8 Å². The van der Waals surface area contributed by atoms with Crippen molar-refractivity contribution in [2.24, 2.45) is 0 Å². The maximum Gasteiger partial charge on any atom is 0.251 e. The normalized spacial score (nSPS) is 10.8. The largest absolute Gasteiger partial charge is 0.352 e. The Bertz CT molecular complexity index is 416. The molecule has 0 aliphatic rings. The van der Waals surface area contributed by atoms with Crippen molar-refractivity contribution >= 4 is 17.5 Å². The Hall–Kier alpha value is -1.35. The molecule has 0 saturated carbocycles. The number of carbonyl (C=O) groups excluding carboxylic acids is 1. The lowest BCUT2D eigenvalue weighted by molar-refractivity contribution is 0.0954. The molecule has 17 heavy (non-hydrogen) atoms. The highest BCUT2D eigenvalue weighted by molar-refractivity contribution is 6.29. The monoisotopic (exact) mass is 252 g/mol. The van der Waals surface area contributed by atoms with Crippen molar-refractivity contribution in [2.45, 2.75) is 26.7 Å². The van der Waals surface area contributed by atoms with Gasteiger partial charge in [-0.25, -0.2) is 4.98 Å². The standard InChI is InChI=1S/C13H17ClN2O/c1-3-5-6-7-15-13(17)10-8-11(4-2)16-12(14)9-10/h3,5,8-9H,4,6-7H2,1-2H3,(H,15,17)/b5-3+. The highest BCUT2D eigenvalue weighted by Crippen LogP contribution is 2.11. The summed E-state index contributed by atoms with van der Waals surface area (Å²) in [7, 11) is 0. The molecule has 0 radical (unpaired) electrons. The predicted octanol–water partition coefficient (Wildman–Crippen LogP) is 2.99. The molecule has 1 aromatic rings. The summed E-state index contributed by atoms with van der Waals surface area (Å²) in [4.78, 5) is 15.9. The van der Waals surface area contributed by atoms with Gasteiger partial charge < -0.3 is 5.32 Å². The number of aryl methyl sites for hydroxylation is 1. The molecule has 0 fully saturated rings. The lowest BCUT2D eigenvalue weighted by atomic mass is 10.2. The number of carbonyl (C=O) groups is 1. The number of amides is 1. The van der Waals surface area contributed by atoms with E-state index in [9.17, 15) is 4.79 Å². The summed E-state index contributed by atoms with van der Waals surface area (Å²) in [6, 6.07) is 3.36. The Balaban J connectivity index is 2.65. The molecule has 0 unspecified atom stereocenters. The fraction of sp³-hybridized carbons (Fsp3) is 0.385. The van der Waals surface area contributed by atoms with E-state index in [1.165, 1.54) is 0 Å². The van der Waals surface area contributed by atoms with Crippen LogP contribution in [0.15, 0.2) is 24.3 Å². The van der Waals surface area contributed by atoms with Crippen LogP contribution in [0.25, 0.3) is 0 Å². The maximum absolute atomic E-state index is 11.8. The van der Waals surface area contributed by atoms with E-state index in [-0.39, 0.29) is 5.91 Å². The predicted molar refractivity (Wildman–Crippen MR) is 70.4 cm³/mol. The molecule has 1 aromatic heterocycles. The number of halogens is 1. The number of aromatic nitrogens is 1. The Labute approximate surface area is 107 Å². The summed E-state index contributed by atoms with van der Waals surface area (Å²) in [6.45, 7) is 4.56. The summed E-state index contributed by atoms with van der Waals surface area (Å²) in [5, 5.41) is 3.20. The van der Waals surface area contributed by atoms with Crippen molar-refractivity contribution in [2.75, 3.05) is 6.54 Å². The van der Waals surface area contributed by atoms with E-state index in [1.807, 2.05) is 26.0 Å². The molecule has 0 atom stereocenters. The Morgan fingerprint density at radius 1 is 1.53 bits per heavy atom. The van der Waals surface area contributed by atoms with Gasteiger partial charge in [0.1, 0.15) is 5.15 Å². The van der Waals surface area contributed by atoms with Gasteiger partial charge in [-0.1, -0.05) is 30.7 Å². The molecule has 1 N–H and O–H groups in total. The molecule has 92 valence electrons. The maximum atomic E-state index is 11.8. The summed E-state index contributed by atoms with van der Waals surface area (Å²) in [5.74, 6) is -0.103. The summed E-state index contributed by atoms with van der Waals surface area (Å²) >= 11 is 5.85. The van der Waals surface area contributed by atoms with Crippen LogP contribution < -0.4 is 5.32 Å². The van der Waals surface area contributed by atoms with E-state index in [4.69, 9.17) is 11.6 Å². The van der Waals surface area contributed by atoms with Crippen LogP contribution in [0.5, 0.6) is 0 Å². The van der Waals surface area contributed by atoms with Crippen molar-refractivity contribution in [3.05, 3.63) is 40.7 Å². The SMILES string of the molecule is C/C=C/CCNC(=O)c1cc(Cl)nc(CC)c1. The lowest BCUT2D eigenvalue weighted by Crippen LogP contribution is -2.24. The minimum atomic E-state index is -0.103. The first kappa shape index (κ1) is 13.7. The molecule has 0 spiro atoms. The smallest absolute Gasteiger partial charge is 0.251 e. The zero-order chi connectivity index (χ0) is 12.7. The van der Waals surface area contributed by atoms with E-state index in [2.05, 4.69) is 10.3 Å². The highest BCUT2D eigenvalue weighted by Gasteiger charge is 2.07. The number of allylic oxidation sites excluding steroid dienone is 1. The van der Waals surface area contributed by atoms with Crippen LogP contribution >= 0.6 is 11.6 Å². The fourth-order valence-electron chi connectivity index (χ4n) is 1.40. The topological polar surface area (TPSA) is 42.0 Å². The van der Waals surface area contributed by atoms with Crippen molar-refractivity contribution in [1.82, 2.24) is 10.3 Å². The van der Waals surface area contributed by atoms with Crippen LogP contribution in [0.1, 0.15) is 36.3 Å². The molecular weight excluding hydrogens is 236 g/mol. The van der Waals surface area contributed by atoms with Gasteiger partial charge in [-0.05, 0) is 31.9 Å². The van der Waals surface area contributed by atoms with Crippen molar-refractivity contribution in [3.8, 4) is 0 Å². The van der Waals surface area contributed by atoms with E-state index in [0.717, 1.165) is 18.5 Å². The molecule has 0 aliphatic carbocycles. The summed E-state index contributed by atoms with van der Waals surface area (Å²) in [6.07, 6.45) is 5.57. The van der Waals surface area contributed by atoms with Gasteiger partial charge in [0.2, 0.25) is 0 Å². The molecule has 0 aliphatic heterocycles. The number of pyridine rings is 1. The second kappa shape index (κ2) is 7.07. The minimum absolute atomic E-state index is 0.103.